The van der Waals surface area contributed by atoms with Crippen LogP contribution in [0.3, 0.4) is 0 Å². The molecule has 0 unspecified atom stereocenters. The van der Waals surface area contributed by atoms with Crippen LogP contribution < -0.4 is 125 Å². The van der Waals surface area contributed by atoms with Gasteiger partial charge in [-0.15, -0.1) is 0 Å². The van der Waals surface area contributed by atoms with Crippen molar-refractivity contribution in [1.29, 1.82) is 0 Å². The van der Waals surface area contributed by atoms with E-state index >= 15 is 0 Å². The number of halogens is 1. The first kappa shape index (κ1) is 89.4. The third-order valence-corrected chi connectivity index (χ3v) is 26.4. The third-order valence-electron chi connectivity index (χ3n) is 22.6. The summed E-state index contributed by atoms with van der Waals surface area (Å²) in [5, 5.41) is 52.7. The van der Waals surface area contributed by atoms with Crippen LogP contribution in [0.2, 0.25) is 0 Å². The van der Waals surface area contributed by atoms with E-state index in [-0.39, 0.29) is 176 Å². The second-order valence-corrected chi connectivity index (χ2v) is 34.7. The first-order valence-corrected chi connectivity index (χ1v) is 40.7. The SMILES string of the molecule is C=C1[C@@H]2CC[C@@H]3[C@]4(C)C[C@H](O[C@@H]5O[C@H](CO)[C@@H](OS(=O)(=O)[O-])[C@H](OS(=O)(=O)[O-])[C@H]5OC(=O)CC(C)C)C[C@@H](C(=O)O)[C@H]4CC[C@]3(C2)[C@H]1O.C=CC1=C(C)/C2=C/c3c(C=C)c(C)c4[n]3[Fe]([Cl])[n]3/c(c(C)c(CCC(=O)O)/c3=C/C3=NC(=C\4)/C(C)=C3CCC(=O)O)=C\C1=N2.CC(C)Cn1c(=O)n(C)c(=O)c2[nH]cnc21.[K+].[K+]. The summed E-state index contributed by atoms with van der Waals surface area (Å²) >= 11 is -1.91. The van der Waals surface area contributed by atoms with Crippen LogP contribution in [0.1, 0.15) is 153 Å². The molecule has 4 saturated carbocycles. The number of hydrogen-bond acceptors (Lipinski definition) is 22. The number of fused-ring (bicyclic) bond motifs is 6. The van der Waals surface area contributed by atoms with E-state index in [0.29, 0.717) is 48.6 Å². The molecule has 6 N–H and O–H groups in total. The number of ether oxygens (including phenoxy) is 3. The molecule has 1 spiro atoms. The summed E-state index contributed by atoms with van der Waals surface area (Å²) in [4.78, 5) is 89.6. The number of carboxylic acids is 3. The number of rotatable bonds is 21. The molecule has 5 aliphatic heterocycles. The normalized spacial score (nSPS) is 28.9. The van der Waals surface area contributed by atoms with Crippen molar-refractivity contribution in [3.8, 4) is 0 Å². The summed E-state index contributed by atoms with van der Waals surface area (Å²) in [6.45, 7) is 29.2. The van der Waals surface area contributed by atoms with Crippen LogP contribution in [0.15, 0.2) is 91.0 Å². The Labute approximate surface area is 730 Å². The molecular weight excluding hydrogens is 1590 g/mol. The van der Waals surface area contributed by atoms with Crippen molar-refractivity contribution < 1.29 is 209 Å². The molecule has 5 fully saturated rings. The Morgan fingerprint density at radius 3 is 2.06 bits per heavy atom. The van der Waals surface area contributed by atoms with E-state index in [0.717, 1.165) is 113 Å². The van der Waals surface area contributed by atoms with Gasteiger partial charge in [0, 0.05) is 25.4 Å². The maximum atomic E-state index is 12.9. The molecule has 8 bridgehead atoms. The second-order valence-electron chi connectivity index (χ2n) is 30.1. The number of allylic oxidation sites excluding steroid dienone is 5. The molecule has 110 heavy (non-hydrogen) atoms. The van der Waals surface area contributed by atoms with Gasteiger partial charge in [0.25, 0.3) is 5.56 Å². The van der Waals surface area contributed by atoms with Gasteiger partial charge < -0.3 is 43.6 Å². The van der Waals surface area contributed by atoms with E-state index in [9.17, 15) is 80.2 Å². The molecule has 1 saturated heterocycles. The number of aromatic nitrogens is 6. The Morgan fingerprint density at radius 2 is 1.45 bits per heavy atom. The number of esters is 1. The maximum Gasteiger partial charge on any atom is 1.00 e. The van der Waals surface area contributed by atoms with Crippen LogP contribution in [0.5, 0.6) is 0 Å². The fourth-order valence-electron chi connectivity index (χ4n) is 17.8. The topological polar surface area (TPSA) is 437 Å². The van der Waals surface area contributed by atoms with Gasteiger partial charge >= 0.3 is 385 Å². The molecule has 0 radical (unpaired) electrons. The van der Waals surface area contributed by atoms with Crippen LogP contribution in [-0.4, -0.2) is 163 Å². The minimum Gasteiger partial charge on any atom is -0.339 e. The zero-order chi connectivity index (χ0) is 79.0. The van der Waals surface area contributed by atoms with Crippen molar-refractivity contribution in [2.75, 3.05) is 6.61 Å². The van der Waals surface area contributed by atoms with Crippen molar-refractivity contribution in [1.82, 2.24) is 26.3 Å². The zero-order valence-corrected chi connectivity index (χ0v) is 73.2. The Hall–Kier alpha value is -4.49. The van der Waals surface area contributed by atoms with E-state index in [1.54, 1.807) is 13.8 Å². The number of aliphatic imine (C=N–C) groups is 2. The average Bonchev–Trinajstić information content (AvgIpc) is 1.44. The largest absolute Gasteiger partial charge is 1.00 e. The molecule has 9 heterocycles. The Bertz CT molecular complexity index is 5140. The number of carboxylic acid groups (broad SMARTS) is 3. The monoisotopic (exact) mass is 1680 g/mol. The van der Waals surface area contributed by atoms with Crippen LogP contribution in [0.25, 0.3) is 41.5 Å². The number of carbonyl (C=O) groups is 4. The molecule has 9 aliphatic rings. The second kappa shape index (κ2) is 35.1. The van der Waals surface area contributed by atoms with Gasteiger partial charge in [0.1, 0.15) is 23.8 Å². The molecule has 0 amide bonds. The Balaban J connectivity index is 0.000000208. The molecular formula is C74H90ClFeK2N8O22S2. The smallest absolute Gasteiger partial charge is 0.339 e. The van der Waals surface area contributed by atoms with Crippen molar-refractivity contribution in [3.05, 3.63) is 137 Å². The van der Waals surface area contributed by atoms with Crippen molar-refractivity contribution in [2.24, 2.45) is 63.4 Å². The minimum absolute atomic E-state index is 0. The summed E-state index contributed by atoms with van der Waals surface area (Å²) in [6.07, 6.45) is 5.17. The number of nitrogens with one attached hydrogen (secondary N) is 1. The van der Waals surface area contributed by atoms with Gasteiger partial charge in [-0.25, -0.2) is 26.6 Å². The van der Waals surface area contributed by atoms with Crippen LogP contribution in [0, 0.1) is 60.2 Å². The predicted octanol–water partition coefficient (Wildman–Crippen LogP) is 0.497. The summed E-state index contributed by atoms with van der Waals surface area (Å²) < 4.78 is 104. The van der Waals surface area contributed by atoms with E-state index < -0.39 is 124 Å². The van der Waals surface area contributed by atoms with Gasteiger partial charge in [-0.2, -0.15) is 0 Å². The first-order valence-electron chi connectivity index (χ1n) is 35.5. The molecule has 30 nitrogen and oxygen atoms in total. The minimum atomic E-state index is -5.69. The fourth-order valence-corrected chi connectivity index (χ4v) is 21.9. The molecule has 4 aromatic heterocycles. The van der Waals surface area contributed by atoms with E-state index in [1.165, 1.54) is 17.9 Å². The number of carbonyl (C=O) groups excluding carboxylic acids is 1. The number of H-pyrrole nitrogens is 1. The maximum absolute atomic E-state index is 12.9. The number of aliphatic hydroxyl groups excluding tert-OH is 2. The summed E-state index contributed by atoms with van der Waals surface area (Å²) in [5.41, 5.74) is 11.9. The van der Waals surface area contributed by atoms with Crippen LogP contribution in [-0.2, 0) is 96.0 Å². The number of nitrogens with zero attached hydrogens (tertiary/aromatic N) is 7. The molecule has 0 aromatic carbocycles. The van der Waals surface area contributed by atoms with Gasteiger partial charge in [-0.3, -0.25) is 31.9 Å². The number of aromatic amines is 1. The zero-order valence-electron chi connectivity index (χ0n) is 63.4. The standard InChI is InChI=1S/C34H34N4O4.C30H46O16S2.C10H14N4O2.ClH.Fe.2K/c1-7-21-17(3)25-13-26-19(5)23(9-11-33(39)40)31(37-26)16-32-24(10-12-34(41)42)20(6)28(38-32)15-30-22(8-2)18(4)27(36-30)14-29(21)35-25;1-14(2)9-22(32)44-25-24(46-48(39,40)41)23(45-47(36,37)38)20(13-31)43-28(25)42-17-10-18(27(34)35)19-7-8-30-11-16(15(3)26(30)33)5-6-21(30)29(19,4)12-17;1-6(2)4-14-8-7(11-5-12-8)9(15)13(3)10(14)16;;;;/h7-8,13-16H,1-2,9-12H2,3-6H3,(H4,35,36,37,38,39,40,41,42);14,16-21,23-26,28,31,33H,3,5-13H2,1-2,4H3,(H,34,35)(H,36,37,38)(H,39,40,41);5-6H,4H2,1-3H3,(H,11,12);1H;;;/q;;;;+3;2*+1/p-5/b25-13?,26-13-,27-14-,28-15-,29-14?,30-15?,31-16?,32-16-;;;;;;/t;16-,17-,18-,19-,20-,21-,23-,24+,25-,26+,28-,29-,30-;;;;;/m.1...../s1. The van der Waals surface area contributed by atoms with E-state index in [1.807, 2.05) is 78.8 Å². The van der Waals surface area contributed by atoms with Gasteiger partial charge in [-0.05, 0) is 85.5 Å². The van der Waals surface area contributed by atoms with Crippen LogP contribution >= 0.6 is 10.1 Å². The molecule has 13 rings (SSSR count). The molecule has 587 valence electrons. The molecule has 13 atom stereocenters. The number of aliphatic hydroxyl groups is 2. The van der Waals surface area contributed by atoms with Gasteiger partial charge in [0.05, 0.1) is 31.1 Å². The Kier molecular flexibility index (Phi) is 28.6. The third kappa shape index (κ3) is 17.6. The van der Waals surface area contributed by atoms with Crippen molar-refractivity contribution in [3.63, 3.8) is 0 Å². The number of aliphatic carboxylic acids is 3. The molecule has 4 aliphatic carbocycles. The molecule has 4 aromatic rings. The van der Waals surface area contributed by atoms with E-state index in [4.69, 9.17) is 34.3 Å². The number of imidazole rings is 1. The molecule has 36 heteroatoms. The number of hydrogen-bond donors (Lipinski definition) is 6. The van der Waals surface area contributed by atoms with Crippen molar-refractivity contribution >= 4 is 108 Å². The van der Waals surface area contributed by atoms with Gasteiger partial charge in [-0.1, -0.05) is 41.2 Å². The summed E-state index contributed by atoms with van der Waals surface area (Å²) in [7, 11) is -2.15. The predicted molar refractivity (Wildman–Crippen MR) is 392 cm³/mol. The summed E-state index contributed by atoms with van der Waals surface area (Å²) in [5.74, 6) is -4.85. The Morgan fingerprint density at radius 1 is 0.827 bits per heavy atom. The first-order chi connectivity index (χ1) is 50.7. The fraction of sp³-hybridized carbons (Fsp3) is 0.527. The van der Waals surface area contributed by atoms with Crippen LogP contribution in [0.4, 0.5) is 0 Å². The van der Waals surface area contributed by atoms with E-state index in [2.05, 4.69) is 51.3 Å². The van der Waals surface area contributed by atoms with Crippen molar-refractivity contribution in [2.45, 2.75) is 189 Å². The average molecular weight is 1680 g/mol. The van der Waals surface area contributed by atoms with Gasteiger partial charge in [0.2, 0.25) is 20.8 Å². The van der Waals surface area contributed by atoms with Gasteiger partial charge in [0.15, 0.2) is 18.0 Å². The quantitative estimate of drug-likeness (QED) is 0.0165. The summed E-state index contributed by atoms with van der Waals surface area (Å²) in [6, 6.07) is 0.